The first-order chi connectivity index (χ1) is 13.1. The van der Waals surface area contributed by atoms with Crippen LogP contribution in [0.5, 0.6) is 0 Å². The molecule has 1 amide bonds. The molecule has 9 heteroatoms. The molecular weight excluding hydrogens is 344 g/mol. The van der Waals surface area contributed by atoms with Gasteiger partial charge >= 0.3 is 0 Å². The van der Waals surface area contributed by atoms with E-state index in [-0.39, 0.29) is 17.6 Å². The second-order valence-corrected chi connectivity index (χ2v) is 6.78. The molecule has 1 aromatic carbocycles. The van der Waals surface area contributed by atoms with Gasteiger partial charge in [0.15, 0.2) is 0 Å². The number of anilines is 3. The normalized spacial score (nSPS) is 19.7. The molecule has 9 nitrogen and oxygen atoms in total. The number of nitrogens with one attached hydrogen (secondary N) is 3. The van der Waals surface area contributed by atoms with Crippen molar-refractivity contribution >= 4 is 34.3 Å². The zero-order valence-corrected chi connectivity index (χ0v) is 14.8. The lowest BCUT2D eigenvalue weighted by molar-refractivity contribution is 0.100. The fourth-order valence-corrected chi connectivity index (χ4v) is 3.44. The van der Waals surface area contributed by atoms with E-state index in [1.807, 2.05) is 18.2 Å². The van der Waals surface area contributed by atoms with Gasteiger partial charge in [0, 0.05) is 23.7 Å². The van der Waals surface area contributed by atoms with Gasteiger partial charge in [-0.25, -0.2) is 4.98 Å². The summed E-state index contributed by atoms with van der Waals surface area (Å²) in [7, 11) is 0. The molecule has 1 aliphatic rings. The van der Waals surface area contributed by atoms with Crippen molar-refractivity contribution < 1.29 is 4.79 Å². The van der Waals surface area contributed by atoms with E-state index in [0.29, 0.717) is 11.8 Å². The SMILES string of the molecule is NC(=O)c1cnc(N[C@@H]2CCCC[C@@H]2N)nc1Nc1cccc2[nH]ncc12. The number of benzene rings is 1. The highest BCUT2D eigenvalue weighted by Crippen LogP contribution is 2.27. The van der Waals surface area contributed by atoms with Crippen molar-refractivity contribution in [3.05, 3.63) is 36.2 Å². The van der Waals surface area contributed by atoms with Gasteiger partial charge in [-0.05, 0) is 25.0 Å². The van der Waals surface area contributed by atoms with Crippen LogP contribution >= 0.6 is 0 Å². The summed E-state index contributed by atoms with van der Waals surface area (Å²) in [6.45, 7) is 0. The Hall–Kier alpha value is -3.20. The number of rotatable bonds is 5. The third-order valence-corrected chi connectivity index (χ3v) is 4.93. The van der Waals surface area contributed by atoms with Gasteiger partial charge in [0.2, 0.25) is 5.95 Å². The second kappa shape index (κ2) is 7.20. The number of H-pyrrole nitrogens is 1. The minimum atomic E-state index is -0.599. The quantitative estimate of drug-likeness (QED) is 0.463. The average Bonchev–Trinajstić information content (AvgIpc) is 3.13. The molecule has 0 aliphatic heterocycles. The van der Waals surface area contributed by atoms with Gasteiger partial charge in [-0.15, -0.1) is 0 Å². The standard InChI is InChI=1S/C18H22N8O/c19-12-4-1-2-5-15(12)24-18-21-8-11(16(20)27)17(25-18)23-13-6-3-7-14-10(13)9-22-26-14/h3,6-9,12,15H,1-2,4-5,19H2,(H2,20,27)(H,22,26)(H2,21,23,24,25)/t12-,15+/m0/s1. The molecular formula is C18H22N8O. The number of aromatic nitrogens is 4. The van der Waals surface area contributed by atoms with Crippen LogP contribution in [0.3, 0.4) is 0 Å². The van der Waals surface area contributed by atoms with Crippen LogP contribution in [0.25, 0.3) is 10.9 Å². The Morgan fingerprint density at radius 2 is 2.07 bits per heavy atom. The molecule has 2 atom stereocenters. The van der Waals surface area contributed by atoms with Crippen molar-refractivity contribution in [1.29, 1.82) is 0 Å². The van der Waals surface area contributed by atoms with E-state index in [1.165, 1.54) is 6.20 Å². The lowest BCUT2D eigenvalue weighted by atomic mass is 9.91. The largest absolute Gasteiger partial charge is 0.365 e. The van der Waals surface area contributed by atoms with Crippen LogP contribution in [-0.4, -0.2) is 38.2 Å². The third kappa shape index (κ3) is 3.54. The number of nitrogens with zero attached hydrogens (tertiary/aromatic N) is 3. The summed E-state index contributed by atoms with van der Waals surface area (Å²) < 4.78 is 0. The molecule has 0 bridgehead atoms. The number of hydrogen-bond donors (Lipinski definition) is 5. The Labute approximate surface area is 155 Å². The van der Waals surface area contributed by atoms with Gasteiger partial charge in [0.1, 0.15) is 11.4 Å². The Kier molecular flexibility index (Phi) is 4.59. The fraction of sp³-hybridized carbons (Fsp3) is 0.333. The van der Waals surface area contributed by atoms with Crippen LogP contribution in [0.15, 0.2) is 30.6 Å². The molecule has 4 rings (SSSR count). The minimum absolute atomic E-state index is 0.0641. The molecule has 2 aromatic heterocycles. The molecule has 1 saturated carbocycles. The summed E-state index contributed by atoms with van der Waals surface area (Å²) in [5.74, 6) is 0.167. The molecule has 3 aromatic rings. The smallest absolute Gasteiger partial charge is 0.254 e. The highest BCUT2D eigenvalue weighted by Gasteiger charge is 2.23. The van der Waals surface area contributed by atoms with Crippen molar-refractivity contribution in [3.63, 3.8) is 0 Å². The summed E-state index contributed by atoms with van der Waals surface area (Å²) in [5, 5.41) is 14.3. The molecule has 27 heavy (non-hydrogen) atoms. The van der Waals surface area contributed by atoms with Crippen LogP contribution in [0.1, 0.15) is 36.0 Å². The Morgan fingerprint density at radius 3 is 2.89 bits per heavy atom. The van der Waals surface area contributed by atoms with E-state index in [2.05, 4.69) is 30.8 Å². The third-order valence-electron chi connectivity index (χ3n) is 4.93. The van der Waals surface area contributed by atoms with E-state index in [0.717, 1.165) is 42.3 Å². The van der Waals surface area contributed by atoms with Crippen LogP contribution in [0, 0.1) is 0 Å². The van der Waals surface area contributed by atoms with Gasteiger partial charge in [-0.3, -0.25) is 9.89 Å². The molecule has 1 fully saturated rings. The first-order valence-corrected chi connectivity index (χ1v) is 9.00. The highest BCUT2D eigenvalue weighted by molar-refractivity contribution is 6.00. The van der Waals surface area contributed by atoms with Gasteiger partial charge in [-0.2, -0.15) is 10.1 Å². The molecule has 2 heterocycles. The predicted molar refractivity (Wildman–Crippen MR) is 104 cm³/mol. The topological polar surface area (TPSA) is 148 Å². The fourth-order valence-electron chi connectivity index (χ4n) is 3.44. The van der Waals surface area contributed by atoms with Crippen LogP contribution < -0.4 is 22.1 Å². The summed E-state index contributed by atoms with van der Waals surface area (Å²) >= 11 is 0. The predicted octanol–water partition coefficient (Wildman–Crippen LogP) is 1.88. The molecule has 7 N–H and O–H groups in total. The van der Waals surface area contributed by atoms with E-state index in [1.54, 1.807) is 6.20 Å². The van der Waals surface area contributed by atoms with Crippen molar-refractivity contribution in [2.75, 3.05) is 10.6 Å². The minimum Gasteiger partial charge on any atom is -0.365 e. The lowest BCUT2D eigenvalue weighted by Gasteiger charge is -2.29. The molecule has 0 saturated heterocycles. The second-order valence-electron chi connectivity index (χ2n) is 6.78. The maximum absolute atomic E-state index is 11.8. The van der Waals surface area contributed by atoms with Gasteiger partial charge < -0.3 is 22.1 Å². The first-order valence-electron chi connectivity index (χ1n) is 9.00. The van der Waals surface area contributed by atoms with Crippen LogP contribution in [-0.2, 0) is 0 Å². The van der Waals surface area contributed by atoms with E-state index >= 15 is 0 Å². The van der Waals surface area contributed by atoms with E-state index in [9.17, 15) is 4.79 Å². The zero-order chi connectivity index (χ0) is 18.8. The summed E-state index contributed by atoms with van der Waals surface area (Å²) in [6, 6.07) is 5.86. The van der Waals surface area contributed by atoms with Crippen LogP contribution in [0.4, 0.5) is 17.5 Å². The van der Waals surface area contributed by atoms with E-state index in [4.69, 9.17) is 11.5 Å². The van der Waals surface area contributed by atoms with Crippen molar-refractivity contribution in [2.24, 2.45) is 11.5 Å². The number of carbonyl (C=O) groups is 1. The molecule has 1 aliphatic carbocycles. The first kappa shape index (κ1) is 17.2. The highest BCUT2D eigenvalue weighted by atomic mass is 16.1. The van der Waals surface area contributed by atoms with Gasteiger partial charge in [0.25, 0.3) is 5.91 Å². The van der Waals surface area contributed by atoms with Crippen molar-refractivity contribution in [2.45, 2.75) is 37.8 Å². The monoisotopic (exact) mass is 366 g/mol. The summed E-state index contributed by atoms with van der Waals surface area (Å²) in [4.78, 5) is 20.6. The van der Waals surface area contributed by atoms with E-state index < -0.39 is 5.91 Å². The number of amides is 1. The zero-order valence-electron chi connectivity index (χ0n) is 14.8. The maximum Gasteiger partial charge on any atom is 0.254 e. The lowest BCUT2D eigenvalue weighted by Crippen LogP contribution is -2.43. The Morgan fingerprint density at radius 1 is 1.22 bits per heavy atom. The molecule has 0 radical (unpaired) electrons. The number of aromatic amines is 1. The maximum atomic E-state index is 11.8. The number of hydrogen-bond acceptors (Lipinski definition) is 7. The molecule has 0 spiro atoms. The number of carbonyl (C=O) groups excluding carboxylic acids is 1. The van der Waals surface area contributed by atoms with Crippen molar-refractivity contribution in [3.8, 4) is 0 Å². The van der Waals surface area contributed by atoms with Crippen LogP contribution in [0.2, 0.25) is 0 Å². The summed E-state index contributed by atoms with van der Waals surface area (Å²) in [5.41, 5.74) is 13.6. The Balaban J connectivity index is 1.65. The molecule has 0 unspecified atom stereocenters. The van der Waals surface area contributed by atoms with Gasteiger partial charge in [-0.1, -0.05) is 18.9 Å². The number of nitrogens with two attached hydrogens (primary N) is 2. The average molecular weight is 366 g/mol. The molecule has 140 valence electrons. The number of fused-ring (bicyclic) bond motifs is 1. The number of primary amides is 1. The Bertz CT molecular complexity index is 969. The van der Waals surface area contributed by atoms with Crippen molar-refractivity contribution in [1.82, 2.24) is 20.2 Å². The summed E-state index contributed by atoms with van der Waals surface area (Å²) in [6.07, 6.45) is 7.36. The van der Waals surface area contributed by atoms with Gasteiger partial charge in [0.05, 0.1) is 17.4 Å².